The highest BCUT2D eigenvalue weighted by Crippen LogP contribution is 2.34. The van der Waals surface area contributed by atoms with Crippen LogP contribution in [0.4, 0.5) is 5.69 Å². The quantitative estimate of drug-likeness (QED) is 0.313. The van der Waals surface area contributed by atoms with E-state index in [1.807, 2.05) is 0 Å². The van der Waals surface area contributed by atoms with Crippen LogP contribution in [-0.2, 0) is 24.2 Å². The van der Waals surface area contributed by atoms with Gasteiger partial charge < -0.3 is 10.2 Å². The highest BCUT2D eigenvalue weighted by Gasteiger charge is 2.22. The van der Waals surface area contributed by atoms with Gasteiger partial charge in [0.25, 0.3) is 11.5 Å². The Morgan fingerprint density at radius 2 is 1.97 bits per heavy atom. The van der Waals surface area contributed by atoms with Gasteiger partial charge in [-0.15, -0.1) is 17.9 Å². The lowest BCUT2D eigenvalue weighted by Crippen LogP contribution is -2.24. The van der Waals surface area contributed by atoms with E-state index in [1.54, 1.807) is 60.3 Å². The van der Waals surface area contributed by atoms with Crippen LogP contribution in [-0.4, -0.2) is 46.1 Å². The number of nitrogens with one attached hydrogen (secondary N) is 1. The molecule has 0 spiro atoms. The largest absolute Gasteiger partial charge is 0.345 e. The number of thiophene rings is 1. The molecule has 0 saturated carbocycles. The fourth-order valence-electron chi connectivity index (χ4n) is 3.90. The number of allylic oxidation sites excluding steroid dienone is 1. The molecule has 0 saturated heterocycles. The van der Waals surface area contributed by atoms with Gasteiger partial charge in [0.15, 0.2) is 5.16 Å². The molecule has 0 aliphatic heterocycles. The number of fused-ring (bicyclic) bond motifs is 3. The highest BCUT2D eigenvalue weighted by molar-refractivity contribution is 7.99. The summed E-state index contributed by atoms with van der Waals surface area (Å²) in [5.41, 5.74) is 2.26. The monoisotopic (exact) mass is 482 g/mol. The van der Waals surface area contributed by atoms with E-state index in [1.165, 1.54) is 21.5 Å². The number of anilines is 1. The number of benzene rings is 1. The summed E-state index contributed by atoms with van der Waals surface area (Å²) in [4.78, 5) is 46.1. The molecule has 0 atom stereocenters. The molecular weight excluding hydrogens is 456 g/mol. The first-order chi connectivity index (χ1) is 15.9. The van der Waals surface area contributed by atoms with Crippen molar-refractivity contribution < 1.29 is 9.59 Å². The summed E-state index contributed by atoms with van der Waals surface area (Å²) < 4.78 is 1.61. The number of thioether (sulfide) groups is 1. The second-order valence-corrected chi connectivity index (χ2v) is 10.1. The van der Waals surface area contributed by atoms with Crippen LogP contribution in [0.5, 0.6) is 0 Å². The number of aromatic nitrogens is 2. The topological polar surface area (TPSA) is 84.3 Å². The van der Waals surface area contributed by atoms with E-state index in [-0.39, 0.29) is 23.1 Å². The van der Waals surface area contributed by atoms with Crippen molar-refractivity contribution in [2.24, 2.45) is 0 Å². The molecule has 33 heavy (non-hydrogen) atoms. The Bertz CT molecular complexity index is 1280. The first kappa shape index (κ1) is 23.3. The van der Waals surface area contributed by atoms with Crippen LogP contribution in [0.2, 0.25) is 0 Å². The van der Waals surface area contributed by atoms with Crippen molar-refractivity contribution in [3.63, 3.8) is 0 Å². The lowest BCUT2D eigenvalue weighted by molar-refractivity contribution is -0.113. The maximum Gasteiger partial charge on any atom is 0.263 e. The van der Waals surface area contributed by atoms with Crippen molar-refractivity contribution >= 4 is 50.8 Å². The standard InChI is InChI=1S/C24H26N4O3S2/c1-4-13-28-23(31)20-17-7-5-6-8-18(17)33-21(20)26-24(28)32-14-19(29)25-16-11-9-15(10-12-16)22(30)27(2)3/h4,9-12H,1,5-8,13-14H2,2-3H3,(H,25,29). The van der Waals surface area contributed by atoms with Crippen molar-refractivity contribution in [2.45, 2.75) is 37.4 Å². The zero-order valence-corrected chi connectivity index (χ0v) is 20.4. The van der Waals surface area contributed by atoms with Gasteiger partial charge in [-0.2, -0.15) is 0 Å². The van der Waals surface area contributed by atoms with E-state index in [2.05, 4.69) is 11.9 Å². The van der Waals surface area contributed by atoms with Gasteiger partial charge in [0.1, 0.15) is 4.83 Å². The molecule has 9 heteroatoms. The number of nitrogens with zero attached hydrogens (tertiary/aromatic N) is 3. The molecule has 3 aromatic rings. The molecule has 2 heterocycles. The zero-order valence-electron chi connectivity index (χ0n) is 18.7. The average molecular weight is 483 g/mol. The first-order valence-electron chi connectivity index (χ1n) is 10.8. The summed E-state index contributed by atoms with van der Waals surface area (Å²) in [7, 11) is 3.38. The summed E-state index contributed by atoms with van der Waals surface area (Å²) >= 11 is 2.84. The van der Waals surface area contributed by atoms with E-state index in [0.717, 1.165) is 41.5 Å². The summed E-state index contributed by atoms with van der Waals surface area (Å²) in [6.07, 6.45) is 5.84. The Hall–Kier alpha value is -2.91. The number of carbonyl (C=O) groups excluding carboxylic acids is 2. The van der Waals surface area contributed by atoms with E-state index >= 15 is 0 Å². The minimum atomic E-state index is -0.211. The molecule has 0 unspecified atom stereocenters. The Morgan fingerprint density at radius 1 is 1.24 bits per heavy atom. The molecule has 4 rings (SSSR count). The van der Waals surface area contributed by atoms with Gasteiger partial charge in [-0.1, -0.05) is 17.8 Å². The molecule has 1 aliphatic carbocycles. The fourth-order valence-corrected chi connectivity index (χ4v) is 6.01. The third-order valence-electron chi connectivity index (χ3n) is 5.51. The Kier molecular flexibility index (Phi) is 6.99. The highest BCUT2D eigenvalue weighted by atomic mass is 32.2. The van der Waals surface area contributed by atoms with Crippen molar-refractivity contribution in [2.75, 3.05) is 25.2 Å². The number of hydrogen-bond acceptors (Lipinski definition) is 6. The smallest absolute Gasteiger partial charge is 0.263 e. The Morgan fingerprint density at radius 3 is 2.67 bits per heavy atom. The molecule has 172 valence electrons. The van der Waals surface area contributed by atoms with Crippen LogP contribution in [0.15, 0.2) is 46.9 Å². The first-order valence-corrected chi connectivity index (χ1v) is 12.6. The molecule has 2 aromatic heterocycles. The molecule has 1 aliphatic rings. The number of aryl methyl sites for hydroxylation is 2. The summed E-state index contributed by atoms with van der Waals surface area (Å²) in [5, 5.41) is 4.09. The van der Waals surface area contributed by atoms with Gasteiger partial charge in [-0.25, -0.2) is 4.98 Å². The molecular formula is C24H26N4O3S2. The molecule has 7 nitrogen and oxygen atoms in total. The molecule has 0 fully saturated rings. The fraction of sp³-hybridized carbons (Fsp3) is 0.333. The Balaban J connectivity index is 1.51. The van der Waals surface area contributed by atoms with Gasteiger partial charge in [0.05, 0.1) is 11.1 Å². The van der Waals surface area contributed by atoms with E-state index < -0.39 is 0 Å². The van der Waals surface area contributed by atoms with E-state index in [9.17, 15) is 14.4 Å². The molecule has 1 N–H and O–H groups in total. The van der Waals surface area contributed by atoms with Crippen molar-refractivity contribution in [1.29, 1.82) is 0 Å². The molecule has 1 aromatic carbocycles. The van der Waals surface area contributed by atoms with Crippen LogP contribution < -0.4 is 10.9 Å². The summed E-state index contributed by atoms with van der Waals surface area (Å²) in [6, 6.07) is 6.77. The van der Waals surface area contributed by atoms with Gasteiger partial charge in [-0.05, 0) is 55.5 Å². The second kappa shape index (κ2) is 9.93. The number of amides is 2. The summed E-state index contributed by atoms with van der Waals surface area (Å²) in [5.74, 6) is -0.199. The second-order valence-electron chi connectivity index (χ2n) is 8.10. The number of rotatable bonds is 7. The van der Waals surface area contributed by atoms with Crippen LogP contribution in [0.25, 0.3) is 10.2 Å². The Labute approximate surface area is 200 Å². The van der Waals surface area contributed by atoms with Gasteiger partial charge in [-0.3, -0.25) is 19.0 Å². The third kappa shape index (κ3) is 4.89. The van der Waals surface area contributed by atoms with E-state index in [4.69, 9.17) is 4.98 Å². The lowest BCUT2D eigenvalue weighted by Gasteiger charge is -2.12. The van der Waals surface area contributed by atoms with Crippen molar-refractivity contribution in [3.8, 4) is 0 Å². The maximum absolute atomic E-state index is 13.3. The maximum atomic E-state index is 13.3. The minimum absolute atomic E-state index is 0.0524. The van der Waals surface area contributed by atoms with E-state index in [0.29, 0.717) is 23.0 Å². The van der Waals surface area contributed by atoms with Crippen LogP contribution in [0.3, 0.4) is 0 Å². The number of carbonyl (C=O) groups is 2. The van der Waals surface area contributed by atoms with Crippen LogP contribution in [0.1, 0.15) is 33.6 Å². The predicted octanol–water partition coefficient (Wildman–Crippen LogP) is 3.96. The third-order valence-corrected chi connectivity index (χ3v) is 7.67. The van der Waals surface area contributed by atoms with Crippen molar-refractivity contribution in [1.82, 2.24) is 14.5 Å². The van der Waals surface area contributed by atoms with Gasteiger partial charge in [0.2, 0.25) is 5.91 Å². The minimum Gasteiger partial charge on any atom is -0.345 e. The van der Waals surface area contributed by atoms with Crippen LogP contribution >= 0.6 is 23.1 Å². The van der Waals surface area contributed by atoms with Crippen molar-refractivity contribution in [3.05, 3.63) is 63.3 Å². The normalized spacial score (nSPS) is 12.9. The SMILES string of the molecule is C=CCn1c(SCC(=O)Nc2ccc(C(=O)N(C)C)cc2)nc2sc3c(c2c1=O)CCCC3. The predicted molar refractivity (Wildman–Crippen MR) is 135 cm³/mol. The number of hydrogen-bond donors (Lipinski definition) is 1. The molecule has 0 radical (unpaired) electrons. The van der Waals surface area contributed by atoms with Gasteiger partial charge in [0, 0.05) is 36.8 Å². The zero-order chi connectivity index (χ0) is 23.5. The molecule has 0 bridgehead atoms. The average Bonchev–Trinajstić information content (AvgIpc) is 3.18. The molecule has 2 amide bonds. The van der Waals surface area contributed by atoms with Crippen LogP contribution in [0, 0.1) is 0 Å². The van der Waals surface area contributed by atoms with Gasteiger partial charge >= 0.3 is 0 Å². The summed E-state index contributed by atoms with van der Waals surface area (Å²) in [6.45, 7) is 4.12. The lowest BCUT2D eigenvalue weighted by atomic mass is 9.97.